The predicted octanol–water partition coefficient (Wildman–Crippen LogP) is 3.90. The predicted molar refractivity (Wildman–Crippen MR) is 111 cm³/mol. The first-order valence-electron chi connectivity index (χ1n) is 9.78. The molecule has 5 nitrogen and oxygen atoms in total. The summed E-state index contributed by atoms with van der Waals surface area (Å²) in [7, 11) is 0. The van der Waals surface area contributed by atoms with Gasteiger partial charge in [-0.3, -0.25) is 10.0 Å². The topological polar surface area (TPSA) is 77.2 Å². The first kappa shape index (κ1) is 18.5. The summed E-state index contributed by atoms with van der Waals surface area (Å²) < 4.78 is 0. The molecule has 0 bridgehead atoms. The first-order chi connectivity index (χ1) is 13.7. The summed E-state index contributed by atoms with van der Waals surface area (Å²) in [6.07, 6.45) is 9.52. The zero-order valence-corrected chi connectivity index (χ0v) is 15.7. The number of H-pyrrole nitrogens is 1. The van der Waals surface area contributed by atoms with Crippen molar-refractivity contribution in [3.8, 4) is 0 Å². The van der Waals surface area contributed by atoms with Gasteiger partial charge in [0.25, 0.3) is 5.91 Å². The number of hydroxylamine groups is 1. The normalized spacial score (nSPS) is 16.4. The number of nitrogens with one attached hydrogen (secondary N) is 3. The monoisotopic (exact) mass is 375 g/mol. The summed E-state index contributed by atoms with van der Waals surface area (Å²) in [4.78, 5) is 14.5. The molecule has 144 valence electrons. The van der Waals surface area contributed by atoms with Crippen LogP contribution in [0.15, 0.2) is 54.7 Å². The van der Waals surface area contributed by atoms with Crippen molar-refractivity contribution in [1.82, 2.24) is 15.8 Å². The molecule has 1 heterocycles. The van der Waals surface area contributed by atoms with Crippen LogP contribution in [0, 0.1) is 0 Å². The second kappa shape index (κ2) is 8.42. The number of benzene rings is 2. The van der Waals surface area contributed by atoms with Gasteiger partial charge < -0.3 is 10.3 Å². The molecule has 1 aliphatic carbocycles. The average Bonchev–Trinajstić information content (AvgIpc) is 3.15. The maximum Gasteiger partial charge on any atom is 0.267 e. The Bertz CT molecular complexity index is 1010. The van der Waals surface area contributed by atoms with Gasteiger partial charge in [0.2, 0.25) is 0 Å². The van der Waals surface area contributed by atoms with Crippen LogP contribution in [0.5, 0.6) is 0 Å². The zero-order valence-electron chi connectivity index (χ0n) is 15.7. The molecule has 1 aromatic heterocycles. The maximum atomic E-state index is 11.2. The zero-order chi connectivity index (χ0) is 19.3. The fourth-order valence-electron chi connectivity index (χ4n) is 4.08. The van der Waals surface area contributed by atoms with Gasteiger partial charge in [0.1, 0.15) is 0 Å². The third-order valence-electron chi connectivity index (χ3n) is 5.48. The minimum atomic E-state index is -0.519. The van der Waals surface area contributed by atoms with Crippen LogP contribution >= 0.6 is 0 Å². The minimum absolute atomic E-state index is 0.368. The maximum absolute atomic E-state index is 11.2. The molecule has 0 aliphatic heterocycles. The van der Waals surface area contributed by atoms with Gasteiger partial charge in [0.05, 0.1) is 0 Å². The van der Waals surface area contributed by atoms with E-state index in [0.717, 1.165) is 37.8 Å². The van der Waals surface area contributed by atoms with Crippen molar-refractivity contribution in [2.75, 3.05) is 6.54 Å². The molecule has 2 aromatic carbocycles. The highest BCUT2D eigenvalue weighted by Gasteiger charge is 2.19. The van der Waals surface area contributed by atoms with E-state index in [0.29, 0.717) is 6.04 Å². The van der Waals surface area contributed by atoms with Crippen LogP contribution in [0.1, 0.15) is 41.1 Å². The van der Waals surface area contributed by atoms with Crippen LogP contribution in [0.2, 0.25) is 0 Å². The Hall–Kier alpha value is -2.89. The van der Waals surface area contributed by atoms with E-state index in [9.17, 15) is 4.79 Å². The Morgan fingerprint density at radius 1 is 1.25 bits per heavy atom. The molecule has 3 aromatic rings. The lowest BCUT2D eigenvalue weighted by molar-refractivity contribution is -0.124. The minimum Gasteiger partial charge on any atom is -0.361 e. The van der Waals surface area contributed by atoms with Gasteiger partial charge in [-0.2, -0.15) is 0 Å². The van der Waals surface area contributed by atoms with Gasteiger partial charge in [-0.25, -0.2) is 5.48 Å². The molecule has 0 spiro atoms. The van der Waals surface area contributed by atoms with Crippen LogP contribution in [0.25, 0.3) is 17.0 Å². The third kappa shape index (κ3) is 4.01. The number of aryl methyl sites for hydroxylation is 1. The van der Waals surface area contributed by atoms with Crippen LogP contribution < -0.4 is 10.8 Å². The molecule has 1 amide bonds. The fraction of sp³-hybridized carbons (Fsp3) is 0.261. The van der Waals surface area contributed by atoms with Gasteiger partial charge in [0, 0.05) is 29.2 Å². The Kier molecular flexibility index (Phi) is 5.55. The van der Waals surface area contributed by atoms with Crippen molar-refractivity contribution in [2.24, 2.45) is 0 Å². The van der Waals surface area contributed by atoms with E-state index in [4.69, 9.17) is 5.21 Å². The Morgan fingerprint density at radius 3 is 3.04 bits per heavy atom. The van der Waals surface area contributed by atoms with E-state index in [1.807, 2.05) is 6.07 Å². The van der Waals surface area contributed by atoms with Crippen molar-refractivity contribution < 1.29 is 10.0 Å². The summed E-state index contributed by atoms with van der Waals surface area (Å²) in [5.41, 5.74) is 7.82. The Morgan fingerprint density at radius 2 is 2.14 bits per heavy atom. The molecule has 1 unspecified atom stereocenters. The number of hydrogen-bond acceptors (Lipinski definition) is 3. The summed E-state index contributed by atoms with van der Waals surface area (Å²) >= 11 is 0. The average molecular weight is 375 g/mol. The van der Waals surface area contributed by atoms with Crippen LogP contribution in [0.4, 0.5) is 0 Å². The number of para-hydroxylation sites is 1. The lowest BCUT2D eigenvalue weighted by Crippen LogP contribution is -2.27. The van der Waals surface area contributed by atoms with Gasteiger partial charge in [0.15, 0.2) is 0 Å². The molecule has 0 radical (unpaired) electrons. The largest absolute Gasteiger partial charge is 0.361 e. The highest BCUT2D eigenvalue weighted by Crippen LogP contribution is 2.30. The first-order valence-corrected chi connectivity index (χ1v) is 9.78. The number of carbonyl (C=O) groups excluding carboxylic acids is 1. The lowest BCUT2D eigenvalue weighted by atomic mass is 9.86. The summed E-state index contributed by atoms with van der Waals surface area (Å²) in [5.74, 6) is -0.519. The quantitative estimate of drug-likeness (QED) is 0.300. The molecule has 1 atom stereocenters. The van der Waals surface area contributed by atoms with E-state index in [-0.39, 0.29) is 0 Å². The smallest absolute Gasteiger partial charge is 0.267 e. The number of amides is 1. The van der Waals surface area contributed by atoms with E-state index < -0.39 is 5.91 Å². The van der Waals surface area contributed by atoms with Crippen LogP contribution in [-0.4, -0.2) is 22.6 Å². The van der Waals surface area contributed by atoms with E-state index in [2.05, 4.69) is 52.9 Å². The second-order valence-electron chi connectivity index (χ2n) is 7.28. The SMILES string of the molecule is O=C(C=Cc1ccc2c(c1)CCCC2NCCc1c[nH]c2ccccc12)NO. The molecule has 1 aliphatic rings. The lowest BCUT2D eigenvalue weighted by Gasteiger charge is -2.27. The Balaban J connectivity index is 1.41. The van der Waals surface area contributed by atoms with Crippen LogP contribution in [0.3, 0.4) is 0 Å². The van der Waals surface area contributed by atoms with E-state index in [1.165, 1.54) is 33.7 Å². The van der Waals surface area contributed by atoms with Crippen molar-refractivity contribution in [3.63, 3.8) is 0 Å². The molecule has 0 saturated carbocycles. The highest BCUT2D eigenvalue weighted by atomic mass is 16.5. The number of carbonyl (C=O) groups is 1. The number of fused-ring (bicyclic) bond motifs is 2. The van der Waals surface area contributed by atoms with Crippen molar-refractivity contribution in [2.45, 2.75) is 31.7 Å². The molecule has 5 heteroatoms. The number of rotatable bonds is 6. The molecule has 0 fully saturated rings. The molecule has 28 heavy (non-hydrogen) atoms. The number of aromatic amines is 1. The van der Waals surface area contributed by atoms with Crippen molar-refractivity contribution in [3.05, 3.63) is 77.0 Å². The molecular formula is C23H25N3O2. The standard InChI is InChI=1S/C23H25N3O2/c27-23(26-28)11-9-16-8-10-20-17(14-16)4-3-7-21(20)24-13-12-18-15-25-22-6-2-1-5-19(18)22/h1-2,5-6,8-11,14-15,21,24-25,28H,3-4,7,12-13H2,(H,26,27). The van der Waals surface area contributed by atoms with Crippen molar-refractivity contribution in [1.29, 1.82) is 0 Å². The fourth-order valence-corrected chi connectivity index (χ4v) is 4.08. The van der Waals surface area contributed by atoms with Gasteiger partial charge >= 0.3 is 0 Å². The van der Waals surface area contributed by atoms with Gasteiger partial charge in [-0.1, -0.05) is 36.4 Å². The molecule has 0 saturated heterocycles. The molecule has 4 N–H and O–H groups in total. The Labute approximate surface area is 164 Å². The highest BCUT2D eigenvalue weighted by molar-refractivity contribution is 5.90. The van der Waals surface area contributed by atoms with E-state index in [1.54, 1.807) is 11.6 Å². The molecule has 4 rings (SSSR count). The third-order valence-corrected chi connectivity index (χ3v) is 5.48. The molecular weight excluding hydrogens is 350 g/mol. The number of hydrogen-bond donors (Lipinski definition) is 4. The van der Waals surface area contributed by atoms with Crippen LogP contribution in [-0.2, 0) is 17.6 Å². The number of aromatic nitrogens is 1. The van der Waals surface area contributed by atoms with Crippen molar-refractivity contribution >= 4 is 22.9 Å². The second-order valence-corrected chi connectivity index (χ2v) is 7.28. The summed E-state index contributed by atoms with van der Waals surface area (Å²) in [5, 5.41) is 13.6. The van der Waals surface area contributed by atoms with E-state index >= 15 is 0 Å². The summed E-state index contributed by atoms with van der Waals surface area (Å²) in [6.45, 7) is 0.935. The summed E-state index contributed by atoms with van der Waals surface area (Å²) in [6, 6.07) is 15.1. The van der Waals surface area contributed by atoms with Gasteiger partial charge in [-0.15, -0.1) is 0 Å². The van der Waals surface area contributed by atoms with Gasteiger partial charge in [-0.05, 0) is 66.6 Å².